The van der Waals surface area contributed by atoms with Crippen molar-refractivity contribution in [2.75, 3.05) is 12.1 Å². The Morgan fingerprint density at radius 1 is 1.47 bits per heavy atom. The molecule has 0 amide bonds. The van der Waals surface area contributed by atoms with E-state index >= 15 is 0 Å². The summed E-state index contributed by atoms with van der Waals surface area (Å²) in [7, 11) is 0. The molecule has 1 aromatic carbocycles. The van der Waals surface area contributed by atoms with E-state index in [1.54, 1.807) is 18.2 Å². The summed E-state index contributed by atoms with van der Waals surface area (Å²) >= 11 is 16.0. The molecule has 84 valence electrons. The highest BCUT2D eigenvalue weighted by Gasteiger charge is 2.16. The van der Waals surface area contributed by atoms with Crippen LogP contribution in [0.2, 0.25) is 10.0 Å². The van der Waals surface area contributed by atoms with Crippen LogP contribution >= 0.6 is 34.8 Å². The minimum atomic E-state index is -1.39. The first kappa shape index (κ1) is 13.3. The van der Waals surface area contributed by atoms with Crippen molar-refractivity contribution in [2.24, 2.45) is 0 Å². The van der Waals surface area contributed by atoms with Crippen molar-refractivity contribution >= 4 is 45.9 Å². The Morgan fingerprint density at radius 2 is 2.13 bits per heavy atom. The zero-order valence-electron chi connectivity index (χ0n) is 7.88. The fourth-order valence-corrected chi connectivity index (χ4v) is 2.42. The van der Waals surface area contributed by atoms with E-state index in [0.717, 1.165) is 0 Å². The average Bonchev–Trinajstić information content (AvgIpc) is 2.14. The van der Waals surface area contributed by atoms with E-state index < -0.39 is 17.2 Å². The van der Waals surface area contributed by atoms with E-state index in [2.05, 4.69) is 0 Å². The normalized spacial score (nSPS) is 14.9. The van der Waals surface area contributed by atoms with Gasteiger partial charge in [0.25, 0.3) is 0 Å². The molecule has 0 fully saturated rings. The molecule has 0 aliphatic heterocycles. The highest BCUT2D eigenvalue weighted by atomic mass is 35.5. The predicted octanol–water partition coefficient (Wildman–Crippen LogP) is 3.58. The Kier molecular flexibility index (Phi) is 5.36. The summed E-state index contributed by atoms with van der Waals surface area (Å²) < 4.78 is 16.0. The van der Waals surface area contributed by atoms with Gasteiger partial charge in [0.1, 0.15) is 6.10 Å². The second-order valence-corrected chi connectivity index (χ2v) is 4.95. The van der Waals surface area contributed by atoms with Gasteiger partial charge in [-0.1, -0.05) is 29.3 Å². The van der Waals surface area contributed by atoms with Crippen LogP contribution in [0.25, 0.3) is 0 Å². The molecule has 0 radical (unpaired) electrons. The molecule has 2 nitrogen and oxygen atoms in total. The van der Waals surface area contributed by atoms with Crippen LogP contribution in [0.3, 0.4) is 0 Å². The van der Waals surface area contributed by atoms with Crippen molar-refractivity contribution in [3.05, 3.63) is 33.8 Å². The van der Waals surface area contributed by atoms with Gasteiger partial charge in [-0.3, -0.25) is 4.18 Å². The lowest BCUT2D eigenvalue weighted by molar-refractivity contribution is 0.259. The number of alkyl halides is 1. The Hall–Kier alpha value is 0.200. The van der Waals surface area contributed by atoms with E-state index in [1.165, 1.54) is 6.26 Å². The number of hydrogen-bond acceptors (Lipinski definition) is 2. The van der Waals surface area contributed by atoms with Crippen molar-refractivity contribution in [2.45, 2.75) is 6.10 Å². The van der Waals surface area contributed by atoms with Crippen LogP contribution in [0.1, 0.15) is 11.7 Å². The number of benzene rings is 1. The Bertz CT molecular complexity index is 370. The molecule has 0 bridgehead atoms. The SMILES string of the molecule is CS(=O)OC(CCl)c1ccc(Cl)cc1Cl. The maximum absolute atomic E-state index is 10.9. The molecule has 0 aromatic heterocycles. The summed E-state index contributed by atoms with van der Waals surface area (Å²) in [5, 5.41) is 0.994. The first-order valence-corrected chi connectivity index (χ1v) is 6.83. The first-order chi connectivity index (χ1) is 7.04. The van der Waals surface area contributed by atoms with Gasteiger partial charge in [0, 0.05) is 21.9 Å². The second-order valence-electron chi connectivity index (χ2n) is 2.81. The van der Waals surface area contributed by atoms with Gasteiger partial charge in [-0.05, 0) is 12.1 Å². The number of halogens is 3. The van der Waals surface area contributed by atoms with Gasteiger partial charge in [-0.2, -0.15) is 0 Å². The minimum Gasteiger partial charge on any atom is -0.281 e. The van der Waals surface area contributed by atoms with Crippen LogP contribution in [-0.4, -0.2) is 16.3 Å². The van der Waals surface area contributed by atoms with Gasteiger partial charge in [0.15, 0.2) is 11.1 Å². The smallest absolute Gasteiger partial charge is 0.152 e. The molecule has 2 atom stereocenters. The summed E-state index contributed by atoms with van der Waals surface area (Å²) in [6.45, 7) is 0. The maximum atomic E-state index is 10.9. The Balaban J connectivity index is 2.96. The Labute approximate surface area is 106 Å². The molecule has 0 saturated heterocycles. The van der Waals surface area contributed by atoms with E-state index in [1.807, 2.05) is 0 Å². The van der Waals surface area contributed by atoms with E-state index in [-0.39, 0.29) is 5.88 Å². The highest BCUT2D eigenvalue weighted by molar-refractivity contribution is 7.79. The van der Waals surface area contributed by atoms with E-state index in [9.17, 15) is 4.21 Å². The Morgan fingerprint density at radius 3 is 2.60 bits per heavy atom. The fraction of sp³-hybridized carbons (Fsp3) is 0.333. The molecule has 0 aliphatic carbocycles. The molecule has 0 saturated carbocycles. The third-order valence-corrected chi connectivity index (χ3v) is 3.05. The van der Waals surface area contributed by atoms with Crippen LogP contribution in [0.5, 0.6) is 0 Å². The zero-order valence-corrected chi connectivity index (χ0v) is 11.0. The van der Waals surface area contributed by atoms with Gasteiger partial charge >= 0.3 is 0 Å². The standard InChI is InChI=1S/C9H9Cl3O2S/c1-15(13)14-9(5-10)7-3-2-6(11)4-8(7)12/h2-4,9H,5H2,1H3. The fourth-order valence-electron chi connectivity index (χ4n) is 1.09. The summed E-state index contributed by atoms with van der Waals surface area (Å²) in [5.74, 6) is 0.181. The lowest BCUT2D eigenvalue weighted by atomic mass is 10.1. The van der Waals surface area contributed by atoms with Crippen LogP contribution in [-0.2, 0) is 15.3 Å². The summed E-state index contributed by atoms with van der Waals surface area (Å²) in [4.78, 5) is 0. The molecule has 6 heteroatoms. The molecule has 0 heterocycles. The van der Waals surface area contributed by atoms with Crippen LogP contribution in [0, 0.1) is 0 Å². The van der Waals surface area contributed by atoms with Crippen molar-refractivity contribution in [3.8, 4) is 0 Å². The lowest BCUT2D eigenvalue weighted by Gasteiger charge is -2.14. The molecule has 0 N–H and O–H groups in total. The second kappa shape index (κ2) is 6.06. The van der Waals surface area contributed by atoms with Crippen LogP contribution in [0.15, 0.2) is 18.2 Å². The van der Waals surface area contributed by atoms with Crippen molar-refractivity contribution in [3.63, 3.8) is 0 Å². The van der Waals surface area contributed by atoms with Crippen LogP contribution < -0.4 is 0 Å². The molecular weight excluding hydrogens is 279 g/mol. The largest absolute Gasteiger partial charge is 0.281 e. The third-order valence-electron chi connectivity index (χ3n) is 1.70. The van der Waals surface area contributed by atoms with Gasteiger partial charge in [0.05, 0.1) is 5.88 Å². The lowest BCUT2D eigenvalue weighted by Crippen LogP contribution is -2.08. The monoisotopic (exact) mass is 286 g/mol. The minimum absolute atomic E-state index is 0.181. The molecule has 1 rings (SSSR count). The molecule has 15 heavy (non-hydrogen) atoms. The summed E-state index contributed by atoms with van der Waals surface area (Å²) in [6, 6.07) is 4.99. The van der Waals surface area contributed by atoms with Gasteiger partial charge < -0.3 is 0 Å². The van der Waals surface area contributed by atoms with Gasteiger partial charge in [0.2, 0.25) is 0 Å². The maximum Gasteiger partial charge on any atom is 0.152 e. The van der Waals surface area contributed by atoms with Gasteiger partial charge in [-0.15, -0.1) is 11.6 Å². The predicted molar refractivity (Wildman–Crippen MR) is 65.1 cm³/mol. The van der Waals surface area contributed by atoms with Crippen molar-refractivity contribution in [1.29, 1.82) is 0 Å². The molecule has 0 aliphatic rings. The number of rotatable bonds is 4. The highest BCUT2D eigenvalue weighted by Crippen LogP contribution is 2.29. The quantitative estimate of drug-likeness (QED) is 0.791. The molecule has 0 spiro atoms. The van der Waals surface area contributed by atoms with Crippen LogP contribution in [0.4, 0.5) is 0 Å². The summed E-state index contributed by atoms with van der Waals surface area (Å²) in [6.07, 6.45) is 0.950. The van der Waals surface area contributed by atoms with Crippen molar-refractivity contribution in [1.82, 2.24) is 0 Å². The molecule has 2 unspecified atom stereocenters. The zero-order chi connectivity index (χ0) is 11.4. The van der Waals surface area contributed by atoms with Gasteiger partial charge in [-0.25, -0.2) is 4.21 Å². The first-order valence-electron chi connectivity index (χ1n) is 4.06. The van der Waals surface area contributed by atoms with E-state index in [0.29, 0.717) is 15.6 Å². The number of hydrogen-bond donors (Lipinski definition) is 0. The summed E-state index contributed by atoms with van der Waals surface area (Å²) in [5.41, 5.74) is 0.686. The molecular formula is C9H9Cl3O2S. The average molecular weight is 288 g/mol. The van der Waals surface area contributed by atoms with E-state index in [4.69, 9.17) is 39.0 Å². The third kappa shape index (κ3) is 3.93. The van der Waals surface area contributed by atoms with Crippen molar-refractivity contribution < 1.29 is 8.39 Å². The topological polar surface area (TPSA) is 26.3 Å². The molecule has 1 aromatic rings.